The van der Waals surface area contributed by atoms with E-state index in [0.717, 1.165) is 43.5 Å². The first kappa shape index (κ1) is 12.7. The highest BCUT2D eigenvalue weighted by Crippen LogP contribution is 2.15. The molecule has 1 aliphatic rings. The Morgan fingerprint density at radius 1 is 1.17 bits per heavy atom. The zero-order chi connectivity index (χ0) is 13.1. The van der Waals surface area contributed by atoms with Crippen LogP contribution in [-0.4, -0.2) is 55.1 Å². The molecule has 1 aliphatic heterocycles. The highest BCUT2D eigenvalue weighted by Gasteiger charge is 2.17. The van der Waals surface area contributed by atoms with E-state index in [4.69, 9.17) is 0 Å². The van der Waals surface area contributed by atoms with Gasteiger partial charge in [0.05, 0.1) is 12.4 Å². The van der Waals surface area contributed by atoms with Crippen LogP contribution in [0.1, 0.15) is 6.92 Å². The van der Waals surface area contributed by atoms with E-state index < -0.39 is 0 Å². The molecule has 2 heterocycles. The molecule has 5 heteroatoms. The Labute approximate surface area is 109 Å². The lowest BCUT2D eigenvalue weighted by molar-refractivity contribution is 0.322. The van der Waals surface area contributed by atoms with Gasteiger partial charge in [-0.25, -0.2) is 9.97 Å². The van der Waals surface area contributed by atoms with Crippen molar-refractivity contribution in [3.63, 3.8) is 0 Å². The second-order valence-corrected chi connectivity index (χ2v) is 4.84. The normalized spacial score (nSPS) is 15.7. The van der Waals surface area contributed by atoms with E-state index in [0.29, 0.717) is 0 Å². The van der Waals surface area contributed by atoms with Crippen LogP contribution in [0.3, 0.4) is 0 Å². The minimum Gasteiger partial charge on any atom is -0.372 e. The van der Waals surface area contributed by atoms with Crippen molar-refractivity contribution in [1.29, 1.82) is 0 Å². The maximum atomic E-state index is 4.47. The first-order valence-corrected chi connectivity index (χ1v) is 6.22. The molecule has 0 radical (unpaired) electrons. The van der Waals surface area contributed by atoms with Crippen LogP contribution in [0.25, 0.3) is 0 Å². The molecule has 1 saturated heterocycles. The van der Waals surface area contributed by atoms with Gasteiger partial charge in [-0.3, -0.25) is 0 Å². The second-order valence-electron chi connectivity index (χ2n) is 4.84. The molecule has 2 rings (SSSR count). The molecule has 0 aliphatic carbocycles. The van der Waals surface area contributed by atoms with Gasteiger partial charge in [0.2, 0.25) is 0 Å². The predicted molar refractivity (Wildman–Crippen MR) is 75.0 cm³/mol. The Balaban J connectivity index is 1.99. The molecule has 0 amide bonds. The lowest BCUT2D eigenvalue weighted by Gasteiger charge is -2.36. The third-order valence-corrected chi connectivity index (χ3v) is 3.23. The number of aromatic nitrogens is 2. The topological polar surface area (TPSA) is 35.5 Å². The molecule has 0 spiro atoms. The number of nitrogens with zero attached hydrogens (tertiary/aromatic N) is 5. The maximum absolute atomic E-state index is 4.47. The van der Waals surface area contributed by atoms with E-state index in [1.807, 2.05) is 31.4 Å². The third kappa shape index (κ3) is 2.72. The fourth-order valence-electron chi connectivity index (χ4n) is 2.03. The van der Waals surface area contributed by atoms with Crippen LogP contribution in [0.15, 0.2) is 24.7 Å². The number of allylic oxidation sites excluding steroid dienone is 1. The van der Waals surface area contributed by atoms with E-state index in [2.05, 4.69) is 33.3 Å². The molecule has 0 N–H and O–H groups in total. The van der Waals surface area contributed by atoms with E-state index in [9.17, 15) is 0 Å². The molecule has 18 heavy (non-hydrogen) atoms. The van der Waals surface area contributed by atoms with Gasteiger partial charge in [-0.15, -0.1) is 0 Å². The maximum Gasteiger partial charge on any atom is 0.147 e. The highest BCUT2D eigenvalue weighted by atomic mass is 15.3. The van der Waals surface area contributed by atoms with Crippen LogP contribution < -0.4 is 9.80 Å². The van der Waals surface area contributed by atoms with Crippen molar-refractivity contribution in [2.24, 2.45) is 0 Å². The average Bonchev–Trinajstić information content (AvgIpc) is 2.39. The van der Waals surface area contributed by atoms with Crippen molar-refractivity contribution >= 4 is 11.6 Å². The number of rotatable bonds is 3. The monoisotopic (exact) mass is 247 g/mol. The average molecular weight is 247 g/mol. The van der Waals surface area contributed by atoms with Gasteiger partial charge in [-0.05, 0) is 6.92 Å². The summed E-state index contributed by atoms with van der Waals surface area (Å²) >= 11 is 0. The summed E-state index contributed by atoms with van der Waals surface area (Å²) in [6, 6.07) is 0. The summed E-state index contributed by atoms with van der Waals surface area (Å²) in [4.78, 5) is 15.4. The Morgan fingerprint density at radius 3 is 2.28 bits per heavy atom. The standard InChI is InChI=1S/C13H21N5/c1-11(2)17-5-7-18(8-6-17)13-10-14-12(9-15-13)16(3)4/h9-10H,1,5-8H2,2-4H3. The zero-order valence-electron chi connectivity index (χ0n) is 11.4. The number of hydrogen-bond acceptors (Lipinski definition) is 5. The number of anilines is 2. The number of hydrogen-bond donors (Lipinski definition) is 0. The van der Waals surface area contributed by atoms with Crippen molar-refractivity contribution in [2.75, 3.05) is 50.1 Å². The summed E-state index contributed by atoms with van der Waals surface area (Å²) in [5.41, 5.74) is 1.14. The van der Waals surface area contributed by atoms with Gasteiger partial charge in [0.25, 0.3) is 0 Å². The SMILES string of the molecule is C=C(C)N1CCN(c2cnc(N(C)C)cn2)CC1. The van der Waals surface area contributed by atoms with E-state index in [-0.39, 0.29) is 0 Å². The quantitative estimate of drug-likeness (QED) is 0.802. The summed E-state index contributed by atoms with van der Waals surface area (Å²) in [7, 11) is 3.94. The summed E-state index contributed by atoms with van der Waals surface area (Å²) in [5.74, 6) is 1.85. The van der Waals surface area contributed by atoms with Gasteiger partial charge in [0.15, 0.2) is 0 Å². The summed E-state index contributed by atoms with van der Waals surface area (Å²) in [6.07, 6.45) is 3.67. The van der Waals surface area contributed by atoms with Gasteiger partial charge in [-0.2, -0.15) is 0 Å². The lowest BCUT2D eigenvalue weighted by Crippen LogP contribution is -2.45. The van der Waals surface area contributed by atoms with E-state index >= 15 is 0 Å². The van der Waals surface area contributed by atoms with Crippen molar-refractivity contribution in [3.8, 4) is 0 Å². The molecule has 0 aromatic carbocycles. The first-order chi connectivity index (χ1) is 8.58. The van der Waals surface area contributed by atoms with Crippen LogP contribution in [0.2, 0.25) is 0 Å². The van der Waals surface area contributed by atoms with E-state index in [1.54, 1.807) is 0 Å². The fourth-order valence-corrected chi connectivity index (χ4v) is 2.03. The minimum atomic E-state index is 0.888. The minimum absolute atomic E-state index is 0.888. The molecular formula is C13H21N5. The van der Waals surface area contributed by atoms with Gasteiger partial charge in [0.1, 0.15) is 11.6 Å². The van der Waals surface area contributed by atoms with Crippen molar-refractivity contribution in [2.45, 2.75) is 6.92 Å². The molecule has 0 atom stereocenters. The molecule has 0 bridgehead atoms. The van der Waals surface area contributed by atoms with Crippen molar-refractivity contribution in [3.05, 3.63) is 24.7 Å². The molecule has 5 nitrogen and oxygen atoms in total. The summed E-state index contributed by atoms with van der Waals surface area (Å²) in [6.45, 7) is 10.0. The van der Waals surface area contributed by atoms with Gasteiger partial charge in [-0.1, -0.05) is 6.58 Å². The van der Waals surface area contributed by atoms with E-state index in [1.165, 1.54) is 0 Å². The third-order valence-electron chi connectivity index (χ3n) is 3.23. The largest absolute Gasteiger partial charge is 0.372 e. The fraction of sp³-hybridized carbons (Fsp3) is 0.538. The van der Waals surface area contributed by atoms with Gasteiger partial charge < -0.3 is 14.7 Å². The Bertz CT molecular complexity index is 404. The van der Waals surface area contributed by atoms with Gasteiger partial charge in [0, 0.05) is 46.0 Å². The molecule has 1 aromatic rings. The molecule has 1 fully saturated rings. The highest BCUT2D eigenvalue weighted by molar-refractivity contribution is 5.42. The van der Waals surface area contributed by atoms with Crippen LogP contribution in [0, 0.1) is 0 Å². The predicted octanol–water partition coefficient (Wildman–Crippen LogP) is 1.20. The van der Waals surface area contributed by atoms with Crippen LogP contribution in [0.5, 0.6) is 0 Å². The Hall–Kier alpha value is -1.78. The summed E-state index contributed by atoms with van der Waals surface area (Å²) < 4.78 is 0. The first-order valence-electron chi connectivity index (χ1n) is 6.22. The van der Waals surface area contributed by atoms with Crippen LogP contribution in [0.4, 0.5) is 11.6 Å². The molecular weight excluding hydrogens is 226 g/mol. The Kier molecular flexibility index (Phi) is 3.69. The zero-order valence-corrected chi connectivity index (χ0v) is 11.4. The van der Waals surface area contributed by atoms with Crippen molar-refractivity contribution < 1.29 is 0 Å². The number of piperazine rings is 1. The molecule has 0 unspecified atom stereocenters. The van der Waals surface area contributed by atoms with Crippen molar-refractivity contribution in [1.82, 2.24) is 14.9 Å². The lowest BCUT2D eigenvalue weighted by atomic mass is 10.3. The van der Waals surface area contributed by atoms with Crippen LogP contribution >= 0.6 is 0 Å². The summed E-state index contributed by atoms with van der Waals surface area (Å²) in [5, 5.41) is 0. The van der Waals surface area contributed by atoms with Crippen LogP contribution in [-0.2, 0) is 0 Å². The second kappa shape index (κ2) is 5.25. The smallest absolute Gasteiger partial charge is 0.147 e. The van der Waals surface area contributed by atoms with Gasteiger partial charge >= 0.3 is 0 Å². The molecule has 0 saturated carbocycles. The molecule has 1 aromatic heterocycles. The Morgan fingerprint density at radius 2 is 1.83 bits per heavy atom. The molecule has 98 valence electrons.